The van der Waals surface area contributed by atoms with Crippen LogP contribution < -0.4 is 16.4 Å². The van der Waals surface area contributed by atoms with Crippen molar-refractivity contribution in [2.24, 2.45) is 0 Å². The molecule has 110 valence electrons. The Hall–Kier alpha value is -2.48. The second-order valence-corrected chi connectivity index (χ2v) is 5.33. The molecule has 1 heterocycles. The van der Waals surface area contributed by atoms with Crippen LogP contribution in [0.3, 0.4) is 0 Å². The Morgan fingerprint density at radius 1 is 1.33 bits per heavy atom. The van der Waals surface area contributed by atoms with Gasteiger partial charge in [-0.25, -0.2) is 9.37 Å². The van der Waals surface area contributed by atoms with Crippen LogP contribution in [0, 0.1) is 12.7 Å². The van der Waals surface area contributed by atoms with Gasteiger partial charge in [0.15, 0.2) is 5.13 Å². The Morgan fingerprint density at radius 2 is 2.05 bits per heavy atom. The molecule has 0 aliphatic carbocycles. The minimum Gasteiger partial charge on any atom is -0.375 e. The molecule has 0 spiro atoms. The number of hydrogen-bond donors (Lipinski definition) is 3. The van der Waals surface area contributed by atoms with Gasteiger partial charge in [0.25, 0.3) is 5.91 Å². The Morgan fingerprint density at radius 3 is 2.62 bits per heavy atom. The molecule has 0 aliphatic rings. The molecule has 0 bridgehead atoms. The predicted octanol–water partition coefficient (Wildman–Crippen LogP) is 2.38. The Balaban J connectivity index is 2.24. The highest BCUT2D eigenvalue weighted by atomic mass is 32.1. The molecule has 2 rings (SSSR count). The molecule has 1 aromatic carbocycles. The fourth-order valence-corrected chi connectivity index (χ4v) is 2.44. The van der Waals surface area contributed by atoms with Crippen molar-refractivity contribution in [3.8, 4) is 0 Å². The van der Waals surface area contributed by atoms with Gasteiger partial charge in [-0.05, 0) is 25.1 Å². The standard InChI is InChI=1S/C13H13FN4O2S/c1-6-11(21-13(15)16-6)12(20)18-10-5-8(17-7(2)19)3-4-9(10)14/h3-5H,1-2H3,(H2,15,16)(H,17,19)(H,18,20). The van der Waals surface area contributed by atoms with Crippen LogP contribution in [0.4, 0.5) is 20.9 Å². The third-order valence-electron chi connectivity index (χ3n) is 2.55. The smallest absolute Gasteiger partial charge is 0.267 e. The fourth-order valence-electron chi connectivity index (χ4n) is 1.71. The number of benzene rings is 1. The number of anilines is 3. The van der Waals surface area contributed by atoms with Gasteiger partial charge in [-0.15, -0.1) is 0 Å². The van der Waals surface area contributed by atoms with Crippen LogP contribution in [0.15, 0.2) is 18.2 Å². The van der Waals surface area contributed by atoms with E-state index >= 15 is 0 Å². The minimum absolute atomic E-state index is 0.0300. The van der Waals surface area contributed by atoms with Crippen molar-refractivity contribution in [1.82, 2.24) is 4.98 Å². The summed E-state index contributed by atoms with van der Waals surface area (Å²) in [5.74, 6) is -1.39. The summed E-state index contributed by atoms with van der Waals surface area (Å²) in [5, 5.41) is 5.23. The molecular formula is C13H13FN4O2S. The maximum absolute atomic E-state index is 13.7. The van der Waals surface area contributed by atoms with E-state index in [1.807, 2.05) is 0 Å². The van der Waals surface area contributed by atoms with Crippen LogP contribution in [0.5, 0.6) is 0 Å². The highest BCUT2D eigenvalue weighted by Gasteiger charge is 2.16. The largest absolute Gasteiger partial charge is 0.375 e. The molecule has 0 atom stereocenters. The lowest BCUT2D eigenvalue weighted by atomic mass is 10.2. The molecular weight excluding hydrogens is 295 g/mol. The van der Waals surface area contributed by atoms with Gasteiger partial charge >= 0.3 is 0 Å². The molecule has 0 fully saturated rings. The molecule has 2 aromatic rings. The van der Waals surface area contributed by atoms with Crippen molar-refractivity contribution in [1.29, 1.82) is 0 Å². The summed E-state index contributed by atoms with van der Waals surface area (Å²) in [5.41, 5.74) is 6.36. The first-order valence-corrected chi connectivity index (χ1v) is 6.80. The van der Waals surface area contributed by atoms with Crippen LogP contribution in [-0.4, -0.2) is 16.8 Å². The Bertz CT molecular complexity index is 714. The van der Waals surface area contributed by atoms with E-state index in [4.69, 9.17) is 5.73 Å². The molecule has 2 amide bonds. The van der Waals surface area contributed by atoms with Crippen LogP contribution in [0.1, 0.15) is 22.3 Å². The van der Waals surface area contributed by atoms with Gasteiger partial charge in [0, 0.05) is 12.6 Å². The van der Waals surface area contributed by atoms with Crippen molar-refractivity contribution in [2.75, 3.05) is 16.4 Å². The lowest BCUT2D eigenvalue weighted by Crippen LogP contribution is -2.13. The van der Waals surface area contributed by atoms with E-state index in [9.17, 15) is 14.0 Å². The van der Waals surface area contributed by atoms with Crippen molar-refractivity contribution >= 4 is 39.7 Å². The number of rotatable bonds is 3. The Kier molecular flexibility index (Phi) is 4.18. The van der Waals surface area contributed by atoms with Crippen molar-refractivity contribution in [3.63, 3.8) is 0 Å². The number of thiazole rings is 1. The average molecular weight is 308 g/mol. The van der Waals surface area contributed by atoms with Gasteiger partial charge < -0.3 is 16.4 Å². The van der Waals surface area contributed by atoms with Crippen LogP contribution in [0.25, 0.3) is 0 Å². The summed E-state index contributed by atoms with van der Waals surface area (Å²) in [4.78, 5) is 27.3. The van der Waals surface area contributed by atoms with E-state index < -0.39 is 11.7 Å². The lowest BCUT2D eigenvalue weighted by Gasteiger charge is -2.08. The van der Waals surface area contributed by atoms with Gasteiger partial charge in [0.05, 0.1) is 11.4 Å². The van der Waals surface area contributed by atoms with E-state index in [1.165, 1.54) is 19.1 Å². The van der Waals surface area contributed by atoms with Gasteiger partial charge in [0.2, 0.25) is 5.91 Å². The fraction of sp³-hybridized carbons (Fsp3) is 0.154. The summed E-state index contributed by atoms with van der Waals surface area (Å²) < 4.78 is 13.7. The molecule has 0 saturated heterocycles. The number of aryl methyl sites for hydroxylation is 1. The number of hydrogen-bond acceptors (Lipinski definition) is 5. The average Bonchev–Trinajstić information content (AvgIpc) is 2.72. The second-order valence-electron chi connectivity index (χ2n) is 4.30. The first-order chi connectivity index (χ1) is 9.86. The molecule has 8 heteroatoms. The zero-order valence-electron chi connectivity index (χ0n) is 11.4. The highest BCUT2D eigenvalue weighted by molar-refractivity contribution is 7.17. The van der Waals surface area contributed by atoms with Crippen molar-refractivity contribution in [3.05, 3.63) is 34.6 Å². The number of carbonyl (C=O) groups excluding carboxylic acids is 2. The number of amides is 2. The molecule has 0 saturated carbocycles. The number of nitrogens with zero attached hydrogens (tertiary/aromatic N) is 1. The quantitative estimate of drug-likeness (QED) is 0.811. The maximum Gasteiger partial charge on any atom is 0.267 e. The van der Waals surface area contributed by atoms with Gasteiger partial charge in [0.1, 0.15) is 10.7 Å². The molecule has 6 nitrogen and oxygen atoms in total. The maximum atomic E-state index is 13.7. The van der Waals surface area contributed by atoms with E-state index in [2.05, 4.69) is 15.6 Å². The molecule has 1 aromatic heterocycles. The van der Waals surface area contributed by atoms with Crippen molar-refractivity contribution < 1.29 is 14.0 Å². The molecule has 0 unspecified atom stereocenters. The number of aromatic nitrogens is 1. The molecule has 0 aliphatic heterocycles. The topological polar surface area (TPSA) is 97.1 Å². The molecule has 4 N–H and O–H groups in total. The van der Waals surface area contributed by atoms with Crippen LogP contribution >= 0.6 is 11.3 Å². The summed E-state index contributed by atoms with van der Waals surface area (Å²) in [6, 6.07) is 3.91. The predicted molar refractivity (Wildman–Crippen MR) is 79.9 cm³/mol. The zero-order valence-corrected chi connectivity index (χ0v) is 12.2. The van der Waals surface area contributed by atoms with Crippen LogP contribution in [0.2, 0.25) is 0 Å². The number of carbonyl (C=O) groups is 2. The van der Waals surface area contributed by atoms with E-state index in [-0.39, 0.29) is 16.7 Å². The second kappa shape index (κ2) is 5.88. The number of nitrogen functional groups attached to an aromatic ring is 1. The van der Waals surface area contributed by atoms with Gasteiger partial charge in [-0.2, -0.15) is 0 Å². The lowest BCUT2D eigenvalue weighted by molar-refractivity contribution is -0.114. The molecule has 21 heavy (non-hydrogen) atoms. The van der Waals surface area contributed by atoms with Gasteiger partial charge in [-0.1, -0.05) is 11.3 Å². The van der Waals surface area contributed by atoms with E-state index in [0.29, 0.717) is 16.3 Å². The normalized spacial score (nSPS) is 10.2. The summed E-state index contributed by atoms with van der Waals surface area (Å²) in [6.45, 7) is 2.98. The molecule has 0 radical (unpaired) electrons. The third-order valence-corrected chi connectivity index (χ3v) is 3.54. The summed E-state index contributed by atoms with van der Waals surface area (Å²) in [6.07, 6.45) is 0. The third kappa shape index (κ3) is 3.54. The highest BCUT2D eigenvalue weighted by Crippen LogP contribution is 2.24. The first-order valence-electron chi connectivity index (χ1n) is 5.98. The van der Waals surface area contributed by atoms with Crippen molar-refractivity contribution in [2.45, 2.75) is 13.8 Å². The van der Waals surface area contributed by atoms with E-state index in [0.717, 1.165) is 17.4 Å². The van der Waals surface area contributed by atoms with E-state index in [1.54, 1.807) is 6.92 Å². The SMILES string of the molecule is CC(=O)Nc1ccc(F)c(NC(=O)c2sc(N)nc2C)c1. The van der Waals surface area contributed by atoms with Crippen LogP contribution in [-0.2, 0) is 4.79 Å². The Labute approximate surface area is 124 Å². The number of nitrogens with two attached hydrogens (primary N) is 1. The number of nitrogens with one attached hydrogen (secondary N) is 2. The summed E-state index contributed by atoms with van der Waals surface area (Å²) >= 11 is 1.02. The minimum atomic E-state index is -0.604. The first kappa shape index (κ1) is 14.9. The number of halogens is 1. The summed E-state index contributed by atoms with van der Waals surface area (Å²) in [7, 11) is 0. The monoisotopic (exact) mass is 308 g/mol. The zero-order chi connectivity index (χ0) is 15.6. The van der Waals surface area contributed by atoms with Gasteiger partial charge in [-0.3, -0.25) is 9.59 Å².